The van der Waals surface area contributed by atoms with E-state index < -0.39 is 0 Å². The van der Waals surface area contributed by atoms with E-state index in [1.165, 1.54) is 11.8 Å². The molecule has 0 amide bonds. The molecule has 0 aliphatic carbocycles. The predicted molar refractivity (Wildman–Crippen MR) is 81.2 cm³/mol. The number of aromatic hydroxyl groups is 1. The highest BCUT2D eigenvalue weighted by molar-refractivity contribution is 7.98. The second-order valence-corrected chi connectivity index (χ2v) is 5.39. The summed E-state index contributed by atoms with van der Waals surface area (Å²) >= 11 is 1.34. The molecule has 108 valence electrons. The first-order valence-electron chi connectivity index (χ1n) is 6.57. The van der Waals surface area contributed by atoms with Gasteiger partial charge in [-0.2, -0.15) is 10.2 Å². The van der Waals surface area contributed by atoms with E-state index in [0.29, 0.717) is 23.0 Å². The van der Waals surface area contributed by atoms with Crippen LogP contribution in [0.1, 0.15) is 24.5 Å². The molecule has 0 spiro atoms. The van der Waals surface area contributed by atoms with E-state index in [9.17, 15) is 9.90 Å². The fourth-order valence-electron chi connectivity index (χ4n) is 1.91. The summed E-state index contributed by atoms with van der Waals surface area (Å²) in [6.45, 7) is 2.52. The number of nitrogens with zero attached hydrogens (tertiary/aromatic N) is 3. The Morgan fingerprint density at radius 2 is 2.19 bits per heavy atom. The van der Waals surface area contributed by atoms with Crippen molar-refractivity contribution in [2.45, 2.75) is 30.8 Å². The molecule has 2 rings (SSSR count). The topological polar surface area (TPSA) is 78.9 Å². The second-order valence-electron chi connectivity index (χ2n) is 4.44. The smallest absolute Gasteiger partial charge is 0.257 e. The zero-order chi connectivity index (χ0) is 15.2. The molecule has 0 aliphatic heterocycles. The Morgan fingerprint density at radius 3 is 2.90 bits per heavy atom. The Morgan fingerprint density at radius 1 is 1.43 bits per heavy atom. The predicted octanol–water partition coefficient (Wildman–Crippen LogP) is 2.52. The van der Waals surface area contributed by atoms with Crippen molar-refractivity contribution in [3.05, 3.63) is 51.8 Å². The first kappa shape index (κ1) is 15.1. The molecule has 6 heteroatoms. The Hall–Kier alpha value is -2.26. The molecule has 0 radical (unpaired) electrons. The Labute approximate surface area is 126 Å². The van der Waals surface area contributed by atoms with Crippen molar-refractivity contribution in [1.82, 2.24) is 9.55 Å². The van der Waals surface area contributed by atoms with Crippen LogP contribution in [0.25, 0.3) is 0 Å². The van der Waals surface area contributed by atoms with Crippen LogP contribution in [0.15, 0.2) is 40.3 Å². The number of benzene rings is 1. The lowest BCUT2D eigenvalue weighted by Crippen LogP contribution is -2.21. The van der Waals surface area contributed by atoms with E-state index in [4.69, 9.17) is 5.26 Å². The molecule has 0 saturated carbocycles. The SMILES string of the molecule is CCCn1c(SCc2ccccc2C#N)nc(O)cc1=O. The van der Waals surface area contributed by atoms with Gasteiger partial charge in [0, 0.05) is 12.3 Å². The first-order chi connectivity index (χ1) is 10.2. The zero-order valence-corrected chi connectivity index (χ0v) is 12.4. The summed E-state index contributed by atoms with van der Waals surface area (Å²) in [5.74, 6) is 0.243. The molecule has 1 aromatic heterocycles. The van der Waals surface area contributed by atoms with Gasteiger partial charge in [0.2, 0.25) is 5.88 Å². The minimum Gasteiger partial charge on any atom is -0.493 e. The van der Waals surface area contributed by atoms with Crippen molar-refractivity contribution in [2.24, 2.45) is 0 Å². The number of rotatable bonds is 5. The molecule has 0 aliphatic rings. The lowest BCUT2D eigenvalue weighted by Gasteiger charge is -2.11. The molecule has 1 N–H and O–H groups in total. The highest BCUT2D eigenvalue weighted by atomic mass is 32.2. The third-order valence-corrected chi connectivity index (χ3v) is 3.93. The maximum Gasteiger partial charge on any atom is 0.257 e. The van der Waals surface area contributed by atoms with Gasteiger partial charge in [-0.3, -0.25) is 9.36 Å². The lowest BCUT2D eigenvalue weighted by molar-refractivity contribution is 0.431. The zero-order valence-electron chi connectivity index (χ0n) is 11.6. The van der Waals surface area contributed by atoms with Crippen molar-refractivity contribution in [3.63, 3.8) is 0 Å². The van der Waals surface area contributed by atoms with E-state index in [-0.39, 0.29) is 11.4 Å². The van der Waals surface area contributed by atoms with Gasteiger partial charge in [-0.05, 0) is 18.1 Å². The number of thioether (sulfide) groups is 1. The van der Waals surface area contributed by atoms with Crippen molar-refractivity contribution < 1.29 is 5.11 Å². The van der Waals surface area contributed by atoms with Gasteiger partial charge < -0.3 is 5.11 Å². The maximum atomic E-state index is 11.9. The van der Waals surface area contributed by atoms with Gasteiger partial charge in [0.15, 0.2) is 5.16 Å². The van der Waals surface area contributed by atoms with Crippen molar-refractivity contribution >= 4 is 11.8 Å². The van der Waals surface area contributed by atoms with Crippen LogP contribution in [0.2, 0.25) is 0 Å². The fourth-order valence-corrected chi connectivity index (χ4v) is 2.94. The minimum atomic E-state index is -0.275. The second kappa shape index (κ2) is 6.95. The molecule has 0 atom stereocenters. The summed E-state index contributed by atoms with van der Waals surface area (Å²) < 4.78 is 1.54. The number of aromatic nitrogens is 2. The van der Waals surface area contributed by atoms with Crippen LogP contribution in [0.5, 0.6) is 5.88 Å². The van der Waals surface area contributed by atoms with Gasteiger partial charge in [-0.15, -0.1) is 0 Å². The van der Waals surface area contributed by atoms with Gasteiger partial charge in [0.1, 0.15) is 0 Å². The monoisotopic (exact) mass is 301 g/mol. The summed E-state index contributed by atoms with van der Waals surface area (Å²) in [5, 5.41) is 19.0. The van der Waals surface area contributed by atoms with Crippen LogP contribution in [-0.2, 0) is 12.3 Å². The maximum absolute atomic E-state index is 11.9. The molecule has 1 aromatic carbocycles. The normalized spacial score (nSPS) is 10.3. The Balaban J connectivity index is 2.28. The quantitative estimate of drug-likeness (QED) is 0.678. The molecular formula is C15H15N3O2S. The molecule has 1 heterocycles. The standard InChI is InChI=1S/C15H15N3O2S/c1-2-7-18-14(20)8-13(19)17-15(18)21-10-12-6-4-3-5-11(12)9-16/h3-6,8,19H,2,7,10H2,1H3. The van der Waals surface area contributed by atoms with Crippen molar-refractivity contribution in [2.75, 3.05) is 0 Å². The first-order valence-corrected chi connectivity index (χ1v) is 7.56. The molecule has 0 saturated heterocycles. The van der Waals surface area contributed by atoms with Gasteiger partial charge in [-0.25, -0.2) is 0 Å². The third-order valence-electron chi connectivity index (χ3n) is 2.90. The van der Waals surface area contributed by atoms with E-state index in [1.807, 2.05) is 25.1 Å². The highest BCUT2D eigenvalue weighted by Crippen LogP contribution is 2.23. The molecule has 2 aromatic rings. The van der Waals surface area contributed by atoms with E-state index >= 15 is 0 Å². The van der Waals surface area contributed by atoms with E-state index in [2.05, 4.69) is 11.1 Å². The van der Waals surface area contributed by atoms with E-state index in [0.717, 1.165) is 18.1 Å². The average molecular weight is 301 g/mol. The minimum absolute atomic E-state index is 0.264. The van der Waals surface area contributed by atoms with Crippen molar-refractivity contribution in [3.8, 4) is 11.9 Å². The van der Waals surface area contributed by atoms with Crippen LogP contribution in [0.4, 0.5) is 0 Å². The summed E-state index contributed by atoms with van der Waals surface area (Å²) in [5.41, 5.74) is 1.22. The van der Waals surface area contributed by atoms with Crippen LogP contribution in [-0.4, -0.2) is 14.7 Å². The van der Waals surface area contributed by atoms with Crippen molar-refractivity contribution in [1.29, 1.82) is 5.26 Å². The molecule has 5 nitrogen and oxygen atoms in total. The Bertz CT molecular complexity index is 734. The van der Waals surface area contributed by atoms with Gasteiger partial charge >= 0.3 is 0 Å². The highest BCUT2D eigenvalue weighted by Gasteiger charge is 2.10. The average Bonchev–Trinajstić information content (AvgIpc) is 2.48. The molecular weight excluding hydrogens is 286 g/mol. The summed E-state index contributed by atoms with van der Waals surface area (Å²) in [6.07, 6.45) is 0.800. The van der Waals surface area contributed by atoms with Crippen LogP contribution >= 0.6 is 11.8 Å². The van der Waals surface area contributed by atoms with Crippen LogP contribution in [0, 0.1) is 11.3 Å². The van der Waals surface area contributed by atoms with Crippen LogP contribution < -0.4 is 5.56 Å². The fraction of sp³-hybridized carbons (Fsp3) is 0.267. The molecule has 0 unspecified atom stereocenters. The number of nitriles is 1. The van der Waals surface area contributed by atoms with E-state index in [1.54, 1.807) is 10.6 Å². The molecule has 0 bridgehead atoms. The summed E-state index contributed by atoms with van der Waals surface area (Å²) in [7, 11) is 0. The third kappa shape index (κ3) is 3.64. The van der Waals surface area contributed by atoms with Gasteiger partial charge in [0.05, 0.1) is 17.7 Å². The largest absolute Gasteiger partial charge is 0.493 e. The molecule has 0 fully saturated rings. The summed E-state index contributed by atoms with van der Waals surface area (Å²) in [4.78, 5) is 15.9. The van der Waals surface area contributed by atoms with Crippen LogP contribution in [0.3, 0.4) is 0 Å². The number of hydrogen-bond acceptors (Lipinski definition) is 5. The lowest BCUT2D eigenvalue weighted by atomic mass is 10.1. The molecule has 21 heavy (non-hydrogen) atoms. The Kier molecular flexibility index (Phi) is 5.01. The van der Waals surface area contributed by atoms with Gasteiger partial charge in [0.25, 0.3) is 5.56 Å². The number of hydrogen-bond donors (Lipinski definition) is 1. The summed E-state index contributed by atoms with van der Waals surface area (Å²) in [6, 6.07) is 10.6. The van der Waals surface area contributed by atoms with Gasteiger partial charge in [-0.1, -0.05) is 36.9 Å².